The topological polar surface area (TPSA) is 112 Å². The molecule has 0 saturated heterocycles. The first-order chi connectivity index (χ1) is 17.2. The molecular formula is C31H49O6P. The molecule has 5 aliphatic rings. The fourth-order valence-corrected chi connectivity index (χ4v) is 11.6. The number of Topliss-reactive ketones (excluding diaryl/α,β-unsaturated/α-hetero) is 1. The minimum Gasteiger partial charge on any atom is -0.393 e. The van der Waals surface area contributed by atoms with Gasteiger partial charge in [0.15, 0.2) is 11.6 Å². The van der Waals surface area contributed by atoms with Gasteiger partial charge in [0.1, 0.15) is 6.16 Å². The van der Waals surface area contributed by atoms with Crippen LogP contribution in [0.5, 0.6) is 0 Å². The van der Waals surface area contributed by atoms with E-state index in [0.29, 0.717) is 12.8 Å². The van der Waals surface area contributed by atoms with Crippen molar-refractivity contribution >= 4 is 19.2 Å². The fraction of sp³-hybridized carbons (Fsp3) is 0.871. The van der Waals surface area contributed by atoms with Gasteiger partial charge in [0.2, 0.25) is 0 Å². The minimum atomic E-state index is -4.44. The number of allylic oxidation sites excluding steroid dienone is 2. The van der Waals surface area contributed by atoms with Gasteiger partial charge in [-0.25, -0.2) is 0 Å². The molecule has 3 N–H and O–H groups in total. The summed E-state index contributed by atoms with van der Waals surface area (Å²) in [5.41, 5.74) is -0.388. The van der Waals surface area contributed by atoms with Gasteiger partial charge in [-0.05, 0) is 103 Å². The van der Waals surface area contributed by atoms with Crippen molar-refractivity contribution in [1.29, 1.82) is 0 Å². The average Bonchev–Trinajstić information content (AvgIpc) is 2.78. The zero-order valence-corrected chi connectivity index (χ0v) is 25.4. The molecule has 6 nitrogen and oxygen atoms in total. The molecule has 0 bridgehead atoms. The molecule has 0 aromatic carbocycles. The van der Waals surface area contributed by atoms with Gasteiger partial charge in [0, 0.05) is 11.3 Å². The molecule has 0 radical (unpaired) electrons. The summed E-state index contributed by atoms with van der Waals surface area (Å²) in [6, 6.07) is 0. The molecule has 38 heavy (non-hydrogen) atoms. The molecule has 0 amide bonds. The molecule has 0 aliphatic heterocycles. The smallest absolute Gasteiger partial charge is 0.332 e. The standard InChI is InChI=1S/C31H49O6P/c1-26(2)22-8-11-31(7)25(29(22,5)10-9-23(26)33)21(32)16-19-20-17-28(4,24(34)18-38(35,36)37)13-12-27(20,3)14-15-30(19,31)6/h16,20,22-23,25,33H,8-15,17-18H2,1-7H3,(H2,35,36,37)/t20-,22-,23-,25+,27+,28-,29-,30+,31+/m0/s1. The number of aliphatic hydroxyl groups is 1. The molecule has 4 saturated carbocycles. The first kappa shape index (κ1) is 28.7. The van der Waals surface area contributed by atoms with Gasteiger partial charge in [-0.3, -0.25) is 14.2 Å². The summed E-state index contributed by atoms with van der Waals surface area (Å²) in [7, 11) is -4.44. The van der Waals surface area contributed by atoms with Crippen molar-refractivity contribution in [3.05, 3.63) is 11.6 Å². The van der Waals surface area contributed by atoms with Gasteiger partial charge in [-0.1, -0.05) is 54.0 Å². The van der Waals surface area contributed by atoms with Crippen molar-refractivity contribution < 1.29 is 29.0 Å². The molecule has 5 rings (SSSR count). The maximum atomic E-state index is 14.3. The molecule has 0 aromatic heterocycles. The molecule has 0 spiro atoms. The highest BCUT2D eigenvalue weighted by Gasteiger charge is 2.70. The van der Waals surface area contributed by atoms with Crippen molar-refractivity contribution in [2.45, 2.75) is 112 Å². The molecule has 0 unspecified atom stereocenters. The monoisotopic (exact) mass is 548 g/mol. The second kappa shape index (κ2) is 8.37. The lowest BCUT2D eigenvalue weighted by Gasteiger charge is -2.70. The van der Waals surface area contributed by atoms with Crippen LogP contribution in [-0.4, -0.2) is 38.7 Å². The number of carbonyl (C=O) groups is 2. The molecule has 7 heteroatoms. The van der Waals surface area contributed by atoms with E-state index in [1.807, 2.05) is 13.0 Å². The van der Waals surface area contributed by atoms with E-state index in [0.717, 1.165) is 44.9 Å². The molecular weight excluding hydrogens is 499 g/mol. The summed E-state index contributed by atoms with van der Waals surface area (Å²) in [6.45, 7) is 15.6. The summed E-state index contributed by atoms with van der Waals surface area (Å²) >= 11 is 0. The van der Waals surface area contributed by atoms with Crippen LogP contribution in [0.1, 0.15) is 106 Å². The Bertz CT molecular complexity index is 1140. The van der Waals surface area contributed by atoms with E-state index in [2.05, 4.69) is 41.5 Å². The Balaban J connectivity index is 1.57. The van der Waals surface area contributed by atoms with Gasteiger partial charge in [-0.15, -0.1) is 0 Å². The predicted molar refractivity (Wildman–Crippen MR) is 147 cm³/mol. The maximum Gasteiger partial charge on any atom is 0.332 e. The highest BCUT2D eigenvalue weighted by Crippen LogP contribution is 2.75. The molecule has 4 fully saturated rings. The fourth-order valence-electron chi connectivity index (χ4n) is 10.8. The van der Waals surface area contributed by atoms with Gasteiger partial charge >= 0.3 is 7.60 Å². The second-order valence-electron chi connectivity index (χ2n) is 15.9. The summed E-state index contributed by atoms with van der Waals surface area (Å²) in [5, 5.41) is 10.9. The van der Waals surface area contributed by atoms with Crippen LogP contribution in [0.2, 0.25) is 0 Å². The maximum absolute atomic E-state index is 14.3. The highest BCUT2D eigenvalue weighted by atomic mass is 31.2. The zero-order chi connectivity index (χ0) is 28.3. The van der Waals surface area contributed by atoms with Crippen LogP contribution >= 0.6 is 7.60 Å². The number of hydrogen-bond acceptors (Lipinski definition) is 4. The number of hydrogen-bond donors (Lipinski definition) is 3. The van der Waals surface area contributed by atoms with Crippen LogP contribution in [0.4, 0.5) is 0 Å². The Hall–Kier alpha value is -0.810. The number of aliphatic hydroxyl groups excluding tert-OH is 1. The van der Waals surface area contributed by atoms with E-state index in [-0.39, 0.29) is 62.5 Å². The van der Waals surface area contributed by atoms with Gasteiger partial charge in [0.05, 0.1) is 6.10 Å². The van der Waals surface area contributed by atoms with Crippen LogP contribution in [-0.2, 0) is 14.2 Å². The lowest BCUT2D eigenvalue weighted by atomic mass is 9.33. The minimum absolute atomic E-state index is 0.0191. The van der Waals surface area contributed by atoms with Crippen molar-refractivity contribution in [3.63, 3.8) is 0 Å². The number of carbonyl (C=O) groups excluding carboxylic acids is 2. The van der Waals surface area contributed by atoms with Crippen LogP contribution in [0.3, 0.4) is 0 Å². The van der Waals surface area contributed by atoms with Crippen LogP contribution in [0.15, 0.2) is 11.6 Å². The van der Waals surface area contributed by atoms with Crippen LogP contribution in [0, 0.1) is 50.2 Å². The Morgan fingerprint density at radius 2 is 1.58 bits per heavy atom. The third-order valence-corrected chi connectivity index (χ3v) is 14.3. The lowest BCUT2D eigenvalue weighted by Crippen LogP contribution is -2.66. The Morgan fingerprint density at radius 3 is 2.21 bits per heavy atom. The molecule has 214 valence electrons. The molecule has 0 heterocycles. The normalized spacial score (nSPS) is 50.2. The summed E-state index contributed by atoms with van der Waals surface area (Å²) in [6.07, 6.45) is 8.54. The summed E-state index contributed by atoms with van der Waals surface area (Å²) in [5.74, 6) is 0.124. The van der Waals surface area contributed by atoms with Gasteiger partial charge in [-0.2, -0.15) is 0 Å². The Kier molecular flexibility index (Phi) is 6.32. The van der Waals surface area contributed by atoms with E-state index < -0.39 is 19.2 Å². The quantitative estimate of drug-likeness (QED) is 0.369. The van der Waals surface area contributed by atoms with Crippen molar-refractivity contribution in [1.82, 2.24) is 0 Å². The third-order valence-electron chi connectivity index (χ3n) is 13.6. The third kappa shape index (κ3) is 3.79. The number of ketones is 2. The van der Waals surface area contributed by atoms with E-state index in [1.165, 1.54) is 5.57 Å². The van der Waals surface area contributed by atoms with Gasteiger partial charge in [0.25, 0.3) is 0 Å². The Morgan fingerprint density at radius 1 is 0.947 bits per heavy atom. The first-order valence-corrected chi connectivity index (χ1v) is 16.6. The summed E-state index contributed by atoms with van der Waals surface area (Å²) in [4.78, 5) is 46.6. The number of fused-ring (bicyclic) bond motifs is 7. The lowest BCUT2D eigenvalue weighted by molar-refractivity contribution is -0.202. The predicted octanol–water partition coefficient (Wildman–Crippen LogP) is 6.07. The first-order valence-electron chi connectivity index (χ1n) is 14.8. The van der Waals surface area contributed by atoms with E-state index in [1.54, 1.807) is 0 Å². The highest BCUT2D eigenvalue weighted by molar-refractivity contribution is 7.52. The molecule has 0 aromatic rings. The van der Waals surface area contributed by atoms with Crippen molar-refractivity contribution in [2.24, 2.45) is 50.2 Å². The molecule has 9 atom stereocenters. The average molecular weight is 549 g/mol. The summed E-state index contributed by atoms with van der Waals surface area (Å²) < 4.78 is 11.7. The second-order valence-corrected chi connectivity index (χ2v) is 17.5. The van der Waals surface area contributed by atoms with E-state index >= 15 is 0 Å². The zero-order valence-electron chi connectivity index (χ0n) is 24.5. The molecule has 5 aliphatic carbocycles. The number of rotatable bonds is 3. The Labute approximate surface area is 228 Å². The largest absolute Gasteiger partial charge is 0.393 e. The van der Waals surface area contributed by atoms with Crippen molar-refractivity contribution in [3.8, 4) is 0 Å². The van der Waals surface area contributed by atoms with Crippen molar-refractivity contribution in [2.75, 3.05) is 6.16 Å². The van der Waals surface area contributed by atoms with E-state index in [9.17, 15) is 29.0 Å². The van der Waals surface area contributed by atoms with Crippen LogP contribution in [0.25, 0.3) is 0 Å². The van der Waals surface area contributed by atoms with E-state index in [4.69, 9.17) is 0 Å². The van der Waals surface area contributed by atoms with Crippen LogP contribution < -0.4 is 0 Å². The van der Waals surface area contributed by atoms with Gasteiger partial charge < -0.3 is 14.9 Å². The SMILES string of the molecule is CC1(C)[C@@H](O)CC[C@]2(C)[C@H]3C(=O)C=C4[C@@H]5C[C@@](C)(C(=O)CP(=O)(O)O)CC[C@]5(C)CC[C@@]4(C)[C@]3(C)CC[C@@H]12.